The van der Waals surface area contributed by atoms with Gasteiger partial charge in [-0.1, -0.05) is 0 Å². The van der Waals surface area contributed by atoms with Gasteiger partial charge in [0.25, 0.3) is 0 Å². The monoisotopic (exact) mass is 871 g/mol. The van der Waals surface area contributed by atoms with E-state index in [1.807, 2.05) is 22.9 Å². The Labute approximate surface area is 322 Å². The molecule has 1 saturated carbocycles. The molecule has 7 rings (SSSR count). The SMILES string of the molecule is C[NH+](C)CCS.Fc1cc(F)c(C2(c3nc(-c4ccncc4)cs3)CC2)c(F)c1.Fc1cc(F)c(Cc2nc(-c3ccncc3)cs2)c(F)c1.[I-]. The zero-order valence-electron chi connectivity index (χ0n) is 27.3. The van der Waals surface area contributed by atoms with Crippen molar-refractivity contribution in [3.8, 4) is 22.5 Å². The third kappa shape index (κ3) is 10.4. The fourth-order valence-corrected chi connectivity index (χ4v) is 7.36. The maximum absolute atomic E-state index is 14.2. The number of aromatic nitrogens is 4. The second-order valence-electron chi connectivity index (χ2n) is 11.7. The number of pyridine rings is 2. The van der Waals surface area contributed by atoms with E-state index in [1.165, 1.54) is 27.6 Å². The Kier molecular flexibility index (Phi) is 14.6. The van der Waals surface area contributed by atoms with E-state index < -0.39 is 40.3 Å². The van der Waals surface area contributed by atoms with Gasteiger partial charge in [-0.2, -0.15) is 12.6 Å². The van der Waals surface area contributed by atoms with Gasteiger partial charge < -0.3 is 28.9 Å². The van der Waals surface area contributed by atoms with E-state index >= 15 is 0 Å². The normalized spacial score (nSPS) is 12.7. The van der Waals surface area contributed by atoms with Crippen molar-refractivity contribution in [3.05, 3.63) is 140 Å². The standard InChI is InChI=1S/C17H11F3N2S.C15H9F3N2S.C4H11NS.HI/c18-11-7-12(19)15(13(20)8-11)17(3-4-17)16-22-14(9-23-16)10-1-5-21-6-2-10;16-10-5-12(17)11(13(18)6-10)7-15-20-14(8-21-15)9-1-3-19-4-2-9;1-5(2)3-4-6;/h1-2,5-9H,3-4H2;1-6,8H,7H2;6H,3-4H2,1-2H3;1H. The maximum atomic E-state index is 14.2. The maximum Gasteiger partial charge on any atom is 0.133 e. The number of nitrogens with one attached hydrogen (secondary N) is 1. The summed E-state index contributed by atoms with van der Waals surface area (Å²) in [5, 5.41) is 4.90. The summed E-state index contributed by atoms with van der Waals surface area (Å²) >= 11 is 6.71. The van der Waals surface area contributed by atoms with E-state index in [-0.39, 0.29) is 41.5 Å². The van der Waals surface area contributed by atoms with Crippen molar-refractivity contribution in [2.45, 2.75) is 24.7 Å². The van der Waals surface area contributed by atoms with Crippen LogP contribution in [0.15, 0.2) is 84.1 Å². The Balaban J connectivity index is 0.000000195. The van der Waals surface area contributed by atoms with Crippen molar-refractivity contribution < 1.29 is 55.2 Å². The molecule has 51 heavy (non-hydrogen) atoms. The number of hydrogen-bond donors (Lipinski definition) is 2. The molecule has 6 aromatic rings. The molecule has 268 valence electrons. The lowest BCUT2D eigenvalue weighted by Crippen LogP contribution is -3.06. The third-order valence-electron chi connectivity index (χ3n) is 7.70. The largest absolute Gasteiger partial charge is 1.00 e. The van der Waals surface area contributed by atoms with Gasteiger partial charge in [0.05, 0.1) is 42.5 Å². The predicted molar refractivity (Wildman–Crippen MR) is 188 cm³/mol. The van der Waals surface area contributed by atoms with E-state index in [1.54, 1.807) is 36.9 Å². The Hall–Kier alpha value is -3.38. The van der Waals surface area contributed by atoms with Crippen molar-refractivity contribution in [1.82, 2.24) is 19.9 Å². The molecule has 1 aliphatic rings. The van der Waals surface area contributed by atoms with Crippen LogP contribution >= 0.6 is 35.3 Å². The molecule has 0 saturated heterocycles. The quantitative estimate of drug-likeness (QED) is 0.129. The van der Waals surface area contributed by atoms with Gasteiger partial charge in [0, 0.05) is 94.2 Å². The Morgan fingerprint density at radius 2 is 1.18 bits per heavy atom. The first-order valence-corrected chi connectivity index (χ1v) is 17.8. The smallest absolute Gasteiger partial charge is 0.133 e. The molecule has 0 bridgehead atoms. The lowest BCUT2D eigenvalue weighted by Gasteiger charge is -2.15. The highest BCUT2D eigenvalue weighted by atomic mass is 127. The minimum absolute atomic E-state index is 0. The Bertz CT molecular complexity index is 1980. The van der Waals surface area contributed by atoms with Crippen LogP contribution in [-0.4, -0.2) is 46.3 Å². The van der Waals surface area contributed by atoms with Crippen LogP contribution in [0.1, 0.15) is 34.0 Å². The first kappa shape index (κ1) is 40.4. The van der Waals surface area contributed by atoms with Gasteiger partial charge in [-0.15, -0.1) is 22.7 Å². The third-order valence-corrected chi connectivity index (χ3v) is 9.82. The molecule has 2 aromatic carbocycles. The van der Waals surface area contributed by atoms with Gasteiger partial charge in [-0.25, -0.2) is 36.3 Å². The van der Waals surface area contributed by atoms with Gasteiger partial charge in [0.15, 0.2) is 0 Å². The van der Waals surface area contributed by atoms with Crippen molar-refractivity contribution in [1.29, 1.82) is 0 Å². The second kappa shape index (κ2) is 18.4. The number of quaternary nitrogens is 1. The molecule has 15 heteroatoms. The van der Waals surface area contributed by atoms with Gasteiger partial charge in [0.1, 0.15) is 39.9 Å². The van der Waals surface area contributed by atoms with Gasteiger partial charge >= 0.3 is 0 Å². The highest BCUT2D eigenvalue weighted by Gasteiger charge is 2.52. The lowest BCUT2D eigenvalue weighted by atomic mass is 9.95. The van der Waals surface area contributed by atoms with Crippen LogP contribution in [0.3, 0.4) is 0 Å². The molecule has 0 amide bonds. The van der Waals surface area contributed by atoms with Crippen molar-refractivity contribution in [2.24, 2.45) is 0 Å². The molecule has 0 unspecified atom stereocenters. The van der Waals surface area contributed by atoms with E-state index in [4.69, 9.17) is 0 Å². The van der Waals surface area contributed by atoms with Crippen LogP contribution in [0, 0.1) is 34.9 Å². The van der Waals surface area contributed by atoms with Crippen molar-refractivity contribution in [2.75, 3.05) is 26.4 Å². The molecule has 0 spiro atoms. The second-order valence-corrected chi connectivity index (χ2v) is 13.9. The zero-order valence-corrected chi connectivity index (χ0v) is 32.0. The number of nitrogens with zero attached hydrogens (tertiary/aromatic N) is 4. The van der Waals surface area contributed by atoms with E-state index in [0.717, 1.165) is 46.9 Å². The van der Waals surface area contributed by atoms with Crippen molar-refractivity contribution >= 4 is 35.3 Å². The topological polar surface area (TPSA) is 56.0 Å². The van der Waals surface area contributed by atoms with Crippen molar-refractivity contribution in [3.63, 3.8) is 0 Å². The van der Waals surface area contributed by atoms with E-state index in [2.05, 4.69) is 46.7 Å². The zero-order chi connectivity index (χ0) is 35.8. The summed E-state index contributed by atoms with van der Waals surface area (Å²) in [5.41, 5.74) is 2.24. The number of rotatable bonds is 8. The van der Waals surface area contributed by atoms with Crippen LogP contribution in [-0.2, 0) is 11.8 Å². The average Bonchev–Trinajstić information content (AvgIpc) is 3.47. The first-order chi connectivity index (χ1) is 24.0. The molecule has 0 aliphatic heterocycles. The summed E-state index contributed by atoms with van der Waals surface area (Å²) in [4.78, 5) is 18.2. The molecule has 0 atom stereocenters. The summed E-state index contributed by atoms with van der Waals surface area (Å²) in [6.45, 7) is 1.16. The highest BCUT2D eigenvalue weighted by molar-refractivity contribution is 7.80. The molecular formula is C36H32F6IN5S3. The Morgan fingerprint density at radius 3 is 1.63 bits per heavy atom. The predicted octanol–water partition coefficient (Wildman–Crippen LogP) is 4.98. The number of thiol groups is 1. The number of halogens is 7. The summed E-state index contributed by atoms with van der Waals surface area (Å²) in [6.07, 6.45) is 7.83. The fraction of sp³-hybridized carbons (Fsp3) is 0.222. The number of thiazole rings is 2. The minimum Gasteiger partial charge on any atom is -1.00 e. The highest BCUT2D eigenvalue weighted by Crippen LogP contribution is 2.56. The van der Waals surface area contributed by atoms with Crippen LogP contribution in [0.25, 0.3) is 22.5 Å². The number of benzene rings is 2. The molecule has 4 heterocycles. The first-order valence-electron chi connectivity index (χ1n) is 15.4. The van der Waals surface area contributed by atoms with Gasteiger partial charge in [-0.05, 0) is 37.1 Å². The van der Waals surface area contributed by atoms with E-state index in [9.17, 15) is 26.3 Å². The molecule has 4 aromatic heterocycles. The summed E-state index contributed by atoms with van der Waals surface area (Å²) < 4.78 is 81.6. The van der Waals surface area contributed by atoms with Crippen LogP contribution < -0.4 is 28.9 Å². The average molecular weight is 872 g/mol. The minimum atomic E-state index is -0.926. The van der Waals surface area contributed by atoms with Crippen LogP contribution in [0.4, 0.5) is 26.3 Å². The lowest BCUT2D eigenvalue weighted by molar-refractivity contribution is -0.855. The molecule has 0 radical (unpaired) electrons. The molecule has 1 N–H and O–H groups in total. The fourth-order valence-electron chi connectivity index (χ4n) is 5.01. The Morgan fingerprint density at radius 1 is 0.706 bits per heavy atom. The molecular weight excluding hydrogens is 840 g/mol. The van der Waals surface area contributed by atoms with E-state index in [0.29, 0.717) is 35.0 Å². The summed E-state index contributed by atoms with van der Waals surface area (Å²) in [6, 6.07) is 10.1. The number of hydrogen-bond acceptors (Lipinski definition) is 7. The molecule has 1 aliphatic carbocycles. The summed E-state index contributed by atoms with van der Waals surface area (Å²) in [7, 11) is 4.24. The van der Waals surface area contributed by atoms with Gasteiger partial charge in [0.2, 0.25) is 0 Å². The van der Waals surface area contributed by atoms with Crippen LogP contribution in [0.2, 0.25) is 0 Å². The van der Waals surface area contributed by atoms with Gasteiger partial charge in [-0.3, -0.25) is 9.97 Å². The van der Waals surface area contributed by atoms with Crippen LogP contribution in [0.5, 0.6) is 0 Å². The molecule has 5 nitrogen and oxygen atoms in total. The molecule has 1 fully saturated rings. The summed E-state index contributed by atoms with van der Waals surface area (Å²) in [5.74, 6) is -4.33.